The normalized spacial score (nSPS) is 19.1. The molecule has 1 aliphatic heterocycles. The summed E-state index contributed by atoms with van der Waals surface area (Å²) in [6.45, 7) is 1.95. The van der Waals surface area contributed by atoms with Crippen LogP contribution in [0.4, 0.5) is 0 Å². The molecule has 1 aromatic carbocycles. The molecule has 1 heterocycles. The van der Waals surface area contributed by atoms with E-state index in [0.717, 1.165) is 6.42 Å². The van der Waals surface area contributed by atoms with Crippen LogP contribution in [0.3, 0.4) is 0 Å². The second kappa shape index (κ2) is 6.39. The molecule has 0 saturated carbocycles. The lowest BCUT2D eigenvalue weighted by atomic mass is 10.1. The molecule has 0 aliphatic carbocycles. The summed E-state index contributed by atoms with van der Waals surface area (Å²) in [5.41, 5.74) is 0.505. The summed E-state index contributed by atoms with van der Waals surface area (Å²) in [7, 11) is 0. The molecule has 6 nitrogen and oxygen atoms in total. The van der Waals surface area contributed by atoms with Gasteiger partial charge < -0.3 is 15.3 Å². The molecule has 2 N–H and O–H groups in total. The fourth-order valence-electron chi connectivity index (χ4n) is 2.59. The average Bonchev–Trinajstić information content (AvgIpc) is 2.94. The van der Waals surface area contributed by atoms with E-state index in [2.05, 4.69) is 5.32 Å². The Labute approximate surface area is 122 Å². The maximum absolute atomic E-state index is 12.3. The van der Waals surface area contributed by atoms with Gasteiger partial charge in [0.05, 0.1) is 0 Å². The third kappa shape index (κ3) is 3.39. The Morgan fingerprint density at radius 3 is 2.52 bits per heavy atom. The van der Waals surface area contributed by atoms with Crippen molar-refractivity contribution < 1.29 is 19.5 Å². The fraction of sp³-hybridized carbons (Fsp3) is 0.400. The number of aliphatic carboxylic acids is 1. The van der Waals surface area contributed by atoms with Gasteiger partial charge in [-0.1, -0.05) is 30.3 Å². The second-order valence-corrected chi connectivity index (χ2v) is 5.06. The molecule has 21 heavy (non-hydrogen) atoms. The third-order valence-corrected chi connectivity index (χ3v) is 3.63. The lowest BCUT2D eigenvalue weighted by molar-refractivity contribution is -0.143. The van der Waals surface area contributed by atoms with E-state index in [4.69, 9.17) is 0 Å². The number of carbonyl (C=O) groups excluding carboxylic acids is 2. The summed E-state index contributed by atoms with van der Waals surface area (Å²) in [4.78, 5) is 36.6. The molecular formula is C15H18N2O4. The molecule has 1 aliphatic rings. The molecule has 0 aromatic heterocycles. The van der Waals surface area contributed by atoms with Gasteiger partial charge in [0.25, 0.3) is 0 Å². The maximum atomic E-state index is 12.3. The van der Waals surface area contributed by atoms with Crippen LogP contribution in [0.25, 0.3) is 0 Å². The number of hydrogen-bond acceptors (Lipinski definition) is 3. The van der Waals surface area contributed by atoms with Crippen LogP contribution in [0.2, 0.25) is 0 Å². The van der Waals surface area contributed by atoms with Crippen LogP contribution >= 0.6 is 0 Å². The van der Waals surface area contributed by atoms with Crippen LogP contribution in [-0.2, 0) is 14.4 Å². The highest BCUT2D eigenvalue weighted by Gasteiger charge is 2.34. The van der Waals surface area contributed by atoms with E-state index in [9.17, 15) is 19.5 Å². The van der Waals surface area contributed by atoms with Crippen molar-refractivity contribution in [3.8, 4) is 0 Å². The summed E-state index contributed by atoms with van der Waals surface area (Å²) in [6.07, 6.45) is 1.31. The van der Waals surface area contributed by atoms with Crippen LogP contribution in [0.1, 0.15) is 31.4 Å². The number of carboxylic acids is 1. The molecule has 2 atom stereocenters. The smallest absolute Gasteiger partial charge is 0.330 e. The number of nitrogens with one attached hydrogen (secondary N) is 1. The van der Waals surface area contributed by atoms with Crippen molar-refractivity contribution in [2.45, 2.75) is 31.8 Å². The van der Waals surface area contributed by atoms with Gasteiger partial charge in [0.15, 0.2) is 6.04 Å². The number of rotatable bonds is 4. The predicted molar refractivity (Wildman–Crippen MR) is 75.4 cm³/mol. The first-order valence-corrected chi connectivity index (χ1v) is 6.86. The first kappa shape index (κ1) is 15.0. The van der Waals surface area contributed by atoms with Gasteiger partial charge in [-0.2, -0.15) is 0 Å². The van der Waals surface area contributed by atoms with Gasteiger partial charge in [-0.15, -0.1) is 0 Å². The van der Waals surface area contributed by atoms with Crippen molar-refractivity contribution >= 4 is 17.8 Å². The molecule has 0 bridgehead atoms. The Bertz CT molecular complexity index is 544. The van der Waals surface area contributed by atoms with Crippen LogP contribution in [0.15, 0.2) is 30.3 Å². The second-order valence-electron chi connectivity index (χ2n) is 5.06. The van der Waals surface area contributed by atoms with Gasteiger partial charge in [0.1, 0.15) is 6.04 Å². The molecule has 1 fully saturated rings. The standard InChI is InChI=1S/C15H18N2O4/c1-10(18)17-9-5-8-12(17)14(19)16-13(15(20)21)11-6-3-2-4-7-11/h2-4,6-7,12-13H,5,8-9H2,1H3,(H,16,19)(H,20,21)/t12-,13-/m1/s1. The zero-order chi connectivity index (χ0) is 15.4. The Morgan fingerprint density at radius 2 is 1.95 bits per heavy atom. The molecule has 112 valence electrons. The van der Waals surface area contributed by atoms with Gasteiger partial charge in [0, 0.05) is 13.5 Å². The highest BCUT2D eigenvalue weighted by Crippen LogP contribution is 2.19. The number of carbonyl (C=O) groups is 3. The molecule has 1 saturated heterocycles. The van der Waals surface area contributed by atoms with E-state index in [-0.39, 0.29) is 5.91 Å². The van der Waals surface area contributed by atoms with Gasteiger partial charge in [-0.05, 0) is 18.4 Å². The van der Waals surface area contributed by atoms with Crippen LogP contribution in [0, 0.1) is 0 Å². The van der Waals surface area contributed by atoms with E-state index < -0.39 is 24.0 Å². The van der Waals surface area contributed by atoms with Gasteiger partial charge in [0.2, 0.25) is 11.8 Å². The molecule has 0 radical (unpaired) electrons. The monoisotopic (exact) mass is 290 g/mol. The number of amides is 2. The average molecular weight is 290 g/mol. The first-order valence-electron chi connectivity index (χ1n) is 6.86. The number of carboxylic acid groups (broad SMARTS) is 1. The molecule has 1 aromatic rings. The predicted octanol–water partition coefficient (Wildman–Crippen LogP) is 0.939. The van der Waals surface area contributed by atoms with Crippen molar-refractivity contribution in [1.29, 1.82) is 0 Å². The largest absolute Gasteiger partial charge is 0.479 e. The lowest BCUT2D eigenvalue weighted by Gasteiger charge is -2.24. The number of hydrogen-bond donors (Lipinski definition) is 2. The minimum atomic E-state index is -1.12. The Balaban J connectivity index is 2.12. The Morgan fingerprint density at radius 1 is 1.29 bits per heavy atom. The summed E-state index contributed by atoms with van der Waals surface area (Å²) < 4.78 is 0. The van der Waals surface area contributed by atoms with Crippen molar-refractivity contribution in [3.05, 3.63) is 35.9 Å². The van der Waals surface area contributed by atoms with Crippen molar-refractivity contribution in [2.24, 2.45) is 0 Å². The fourth-order valence-corrected chi connectivity index (χ4v) is 2.59. The number of nitrogens with zero attached hydrogens (tertiary/aromatic N) is 1. The summed E-state index contributed by atoms with van der Waals surface area (Å²) in [5, 5.41) is 11.8. The zero-order valence-electron chi connectivity index (χ0n) is 11.8. The molecule has 2 rings (SSSR count). The van der Waals surface area contributed by atoms with Crippen LogP contribution in [0.5, 0.6) is 0 Å². The molecule has 0 unspecified atom stereocenters. The topological polar surface area (TPSA) is 86.7 Å². The minimum Gasteiger partial charge on any atom is -0.479 e. The SMILES string of the molecule is CC(=O)N1CCC[C@@H]1C(=O)N[C@@H](C(=O)O)c1ccccc1. The molecule has 0 spiro atoms. The molecule has 2 amide bonds. The third-order valence-electron chi connectivity index (χ3n) is 3.63. The van der Waals surface area contributed by atoms with E-state index in [1.165, 1.54) is 11.8 Å². The van der Waals surface area contributed by atoms with E-state index >= 15 is 0 Å². The van der Waals surface area contributed by atoms with Gasteiger partial charge in [-0.25, -0.2) is 4.79 Å². The Hall–Kier alpha value is -2.37. The van der Waals surface area contributed by atoms with Crippen molar-refractivity contribution in [2.75, 3.05) is 6.54 Å². The maximum Gasteiger partial charge on any atom is 0.330 e. The van der Waals surface area contributed by atoms with Crippen LogP contribution < -0.4 is 5.32 Å². The number of benzene rings is 1. The minimum absolute atomic E-state index is 0.167. The van der Waals surface area contributed by atoms with E-state index in [1.807, 2.05) is 0 Å². The van der Waals surface area contributed by atoms with E-state index in [1.54, 1.807) is 30.3 Å². The van der Waals surface area contributed by atoms with Gasteiger partial charge >= 0.3 is 5.97 Å². The Kier molecular flexibility index (Phi) is 4.57. The van der Waals surface area contributed by atoms with Gasteiger partial charge in [-0.3, -0.25) is 9.59 Å². The lowest BCUT2D eigenvalue weighted by Crippen LogP contribution is -2.47. The highest BCUT2D eigenvalue weighted by atomic mass is 16.4. The van der Waals surface area contributed by atoms with Crippen LogP contribution in [-0.4, -0.2) is 40.4 Å². The summed E-state index contributed by atoms with van der Waals surface area (Å²) >= 11 is 0. The zero-order valence-corrected chi connectivity index (χ0v) is 11.8. The number of likely N-dealkylation sites (tertiary alicyclic amines) is 1. The quantitative estimate of drug-likeness (QED) is 0.864. The first-order chi connectivity index (χ1) is 10.0. The van der Waals surface area contributed by atoms with Crippen molar-refractivity contribution in [1.82, 2.24) is 10.2 Å². The molecular weight excluding hydrogens is 272 g/mol. The van der Waals surface area contributed by atoms with E-state index in [0.29, 0.717) is 18.5 Å². The van der Waals surface area contributed by atoms with Crippen molar-refractivity contribution in [3.63, 3.8) is 0 Å². The highest BCUT2D eigenvalue weighted by molar-refractivity contribution is 5.90. The molecule has 6 heteroatoms. The summed E-state index contributed by atoms with van der Waals surface area (Å²) in [6, 6.07) is 6.83. The summed E-state index contributed by atoms with van der Waals surface area (Å²) in [5.74, 6) is -1.71.